The number of benzene rings is 3. The zero-order chi connectivity index (χ0) is 21.1. The molecule has 6 rings (SSSR count). The summed E-state index contributed by atoms with van der Waals surface area (Å²) in [6.07, 6.45) is 3.55. The van der Waals surface area contributed by atoms with Gasteiger partial charge in [-0.1, -0.05) is 42.5 Å². The van der Waals surface area contributed by atoms with Gasteiger partial charge in [-0.3, -0.25) is 19.5 Å². The monoisotopic (exact) mass is 403 g/mol. The molecular weight excluding hydrogens is 386 g/mol. The molecule has 0 saturated heterocycles. The minimum absolute atomic E-state index is 0.267. The molecular formula is C26H17N3O2. The Hall–Kier alpha value is -4.25. The molecule has 0 saturated carbocycles. The van der Waals surface area contributed by atoms with E-state index in [-0.39, 0.29) is 11.8 Å². The van der Waals surface area contributed by atoms with E-state index < -0.39 is 0 Å². The molecule has 3 aromatic carbocycles. The lowest BCUT2D eigenvalue weighted by Crippen LogP contribution is -2.24. The van der Waals surface area contributed by atoms with Crippen molar-refractivity contribution in [3.8, 4) is 16.8 Å². The maximum Gasteiger partial charge on any atom is 0.263 e. The number of para-hydroxylation sites is 2. The molecule has 5 nitrogen and oxygen atoms in total. The highest BCUT2D eigenvalue weighted by Crippen LogP contribution is 2.39. The Morgan fingerprint density at radius 2 is 1.42 bits per heavy atom. The lowest BCUT2D eigenvalue weighted by Gasteiger charge is -2.14. The van der Waals surface area contributed by atoms with Crippen LogP contribution in [0.25, 0.3) is 38.6 Å². The third-order valence-electron chi connectivity index (χ3n) is 6.02. The molecule has 0 fully saturated rings. The molecule has 5 aromatic rings. The fourth-order valence-corrected chi connectivity index (χ4v) is 4.60. The predicted molar refractivity (Wildman–Crippen MR) is 120 cm³/mol. The summed E-state index contributed by atoms with van der Waals surface area (Å²) in [6.45, 7) is 0. The zero-order valence-corrected chi connectivity index (χ0v) is 16.7. The maximum atomic E-state index is 13.0. The van der Waals surface area contributed by atoms with Crippen LogP contribution in [0.5, 0.6) is 0 Å². The molecule has 0 bridgehead atoms. The quantitative estimate of drug-likeness (QED) is 0.387. The van der Waals surface area contributed by atoms with Gasteiger partial charge in [0.15, 0.2) is 0 Å². The SMILES string of the molecule is CN1C(=O)c2cccc(-n3c4ccccc4c4cccc(-c5ccncc5)c43)c2C1=O. The van der Waals surface area contributed by atoms with Crippen molar-refractivity contribution in [2.75, 3.05) is 7.05 Å². The number of pyridine rings is 1. The summed E-state index contributed by atoms with van der Waals surface area (Å²) >= 11 is 0. The van der Waals surface area contributed by atoms with E-state index in [1.54, 1.807) is 18.5 Å². The van der Waals surface area contributed by atoms with E-state index in [9.17, 15) is 9.59 Å². The molecule has 148 valence electrons. The van der Waals surface area contributed by atoms with Gasteiger partial charge in [0.25, 0.3) is 11.8 Å². The first-order chi connectivity index (χ1) is 15.2. The fourth-order valence-electron chi connectivity index (χ4n) is 4.60. The van der Waals surface area contributed by atoms with Crippen molar-refractivity contribution in [3.05, 3.63) is 96.3 Å². The van der Waals surface area contributed by atoms with Crippen molar-refractivity contribution in [1.82, 2.24) is 14.5 Å². The van der Waals surface area contributed by atoms with Crippen molar-refractivity contribution in [2.45, 2.75) is 0 Å². The number of carbonyl (C=O) groups is 2. The minimum Gasteiger partial charge on any atom is -0.308 e. The smallest absolute Gasteiger partial charge is 0.263 e. The van der Waals surface area contributed by atoms with Crippen LogP contribution in [0.15, 0.2) is 85.2 Å². The van der Waals surface area contributed by atoms with Gasteiger partial charge < -0.3 is 4.57 Å². The summed E-state index contributed by atoms with van der Waals surface area (Å²) < 4.78 is 2.11. The van der Waals surface area contributed by atoms with Crippen LogP contribution >= 0.6 is 0 Å². The van der Waals surface area contributed by atoms with E-state index in [1.807, 2.05) is 42.5 Å². The van der Waals surface area contributed by atoms with Gasteiger partial charge in [0.05, 0.1) is 27.8 Å². The normalized spacial score (nSPS) is 13.4. The van der Waals surface area contributed by atoms with Gasteiger partial charge in [-0.15, -0.1) is 0 Å². The van der Waals surface area contributed by atoms with Gasteiger partial charge in [-0.05, 0) is 35.9 Å². The van der Waals surface area contributed by atoms with Crippen LogP contribution < -0.4 is 0 Å². The van der Waals surface area contributed by atoms with Gasteiger partial charge in [-0.2, -0.15) is 0 Å². The largest absolute Gasteiger partial charge is 0.308 e. The Morgan fingerprint density at radius 1 is 0.710 bits per heavy atom. The third kappa shape index (κ3) is 2.34. The number of rotatable bonds is 2. The molecule has 31 heavy (non-hydrogen) atoms. The Labute approximate surface area is 178 Å². The van der Waals surface area contributed by atoms with E-state index in [4.69, 9.17) is 0 Å². The van der Waals surface area contributed by atoms with E-state index >= 15 is 0 Å². The zero-order valence-electron chi connectivity index (χ0n) is 16.7. The summed E-state index contributed by atoms with van der Waals surface area (Å²) in [6, 6.07) is 23.8. The van der Waals surface area contributed by atoms with Crippen LogP contribution in [0.4, 0.5) is 0 Å². The van der Waals surface area contributed by atoms with Crippen LogP contribution in [0.2, 0.25) is 0 Å². The van der Waals surface area contributed by atoms with Crippen molar-refractivity contribution >= 4 is 33.6 Å². The molecule has 0 spiro atoms. The first kappa shape index (κ1) is 17.6. The maximum absolute atomic E-state index is 13.0. The second-order valence-corrected chi connectivity index (χ2v) is 7.66. The van der Waals surface area contributed by atoms with E-state index in [0.717, 1.165) is 32.9 Å². The highest BCUT2D eigenvalue weighted by Gasteiger charge is 2.36. The summed E-state index contributed by atoms with van der Waals surface area (Å²) in [7, 11) is 1.53. The summed E-state index contributed by atoms with van der Waals surface area (Å²) in [5.74, 6) is -0.542. The van der Waals surface area contributed by atoms with Gasteiger partial charge in [0, 0.05) is 35.8 Å². The van der Waals surface area contributed by atoms with Gasteiger partial charge >= 0.3 is 0 Å². The van der Waals surface area contributed by atoms with Crippen molar-refractivity contribution < 1.29 is 9.59 Å². The highest BCUT2D eigenvalue weighted by atomic mass is 16.2. The first-order valence-electron chi connectivity index (χ1n) is 10.0. The Morgan fingerprint density at radius 3 is 2.26 bits per heavy atom. The van der Waals surface area contributed by atoms with Gasteiger partial charge in [-0.25, -0.2) is 0 Å². The average Bonchev–Trinajstić information content (AvgIpc) is 3.27. The lowest BCUT2D eigenvalue weighted by atomic mass is 10.0. The lowest BCUT2D eigenvalue weighted by molar-refractivity contribution is 0.0693. The van der Waals surface area contributed by atoms with E-state index in [0.29, 0.717) is 16.8 Å². The van der Waals surface area contributed by atoms with Gasteiger partial charge in [0.2, 0.25) is 0 Å². The van der Waals surface area contributed by atoms with E-state index in [2.05, 4.69) is 33.8 Å². The standard InChI is InChI=1S/C26H17N3O2/c1-28-25(30)20-9-5-11-22(23(20)26(28)31)29-21-10-3-2-6-18(21)19-8-4-7-17(24(19)29)16-12-14-27-15-13-16/h2-15H,1H3. The topological polar surface area (TPSA) is 55.2 Å². The second kappa shape index (κ2) is 6.37. The first-order valence-corrected chi connectivity index (χ1v) is 10.0. The number of imide groups is 1. The van der Waals surface area contributed by atoms with Crippen molar-refractivity contribution in [3.63, 3.8) is 0 Å². The predicted octanol–water partition coefficient (Wildman–Crippen LogP) is 5.07. The second-order valence-electron chi connectivity index (χ2n) is 7.66. The van der Waals surface area contributed by atoms with Crippen LogP contribution in [0.1, 0.15) is 20.7 Å². The van der Waals surface area contributed by atoms with Crippen LogP contribution in [-0.2, 0) is 0 Å². The minimum atomic E-state index is -0.275. The summed E-state index contributed by atoms with van der Waals surface area (Å²) in [4.78, 5) is 31.0. The molecule has 2 aromatic heterocycles. The fraction of sp³-hybridized carbons (Fsp3) is 0.0385. The highest BCUT2D eigenvalue weighted by molar-refractivity contribution is 6.23. The van der Waals surface area contributed by atoms with Crippen LogP contribution in [0.3, 0.4) is 0 Å². The van der Waals surface area contributed by atoms with Crippen molar-refractivity contribution in [2.24, 2.45) is 0 Å². The number of nitrogens with zero attached hydrogens (tertiary/aromatic N) is 3. The molecule has 2 amide bonds. The molecule has 1 aliphatic heterocycles. The number of fused-ring (bicyclic) bond motifs is 4. The molecule has 1 aliphatic rings. The molecule has 0 aliphatic carbocycles. The molecule has 0 radical (unpaired) electrons. The number of aromatic nitrogens is 2. The number of hydrogen-bond donors (Lipinski definition) is 0. The summed E-state index contributed by atoms with van der Waals surface area (Å²) in [5.41, 5.74) is 5.67. The third-order valence-corrected chi connectivity index (χ3v) is 6.02. The molecule has 0 N–H and O–H groups in total. The number of carbonyl (C=O) groups excluding carboxylic acids is 2. The Kier molecular flexibility index (Phi) is 3.62. The number of amides is 2. The molecule has 0 atom stereocenters. The van der Waals surface area contributed by atoms with Crippen molar-refractivity contribution in [1.29, 1.82) is 0 Å². The van der Waals surface area contributed by atoms with Gasteiger partial charge in [0.1, 0.15) is 0 Å². The summed E-state index contributed by atoms with van der Waals surface area (Å²) in [5, 5.41) is 2.18. The molecule has 0 unspecified atom stereocenters. The Bertz CT molecular complexity index is 1530. The molecule has 5 heteroatoms. The molecule has 3 heterocycles. The van der Waals surface area contributed by atoms with Crippen LogP contribution in [-0.4, -0.2) is 33.3 Å². The van der Waals surface area contributed by atoms with E-state index in [1.165, 1.54) is 11.9 Å². The van der Waals surface area contributed by atoms with Crippen LogP contribution in [0, 0.1) is 0 Å². The Balaban J connectivity index is 1.81. The average molecular weight is 403 g/mol. The number of hydrogen-bond acceptors (Lipinski definition) is 3.